The first-order valence-corrected chi connectivity index (χ1v) is 10.5. The fraction of sp³-hybridized carbons (Fsp3) is 0.208. The van der Waals surface area contributed by atoms with E-state index in [2.05, 4.69) is 15.4 Å². The molecule has 1 aliphatic heterocycles. The highest BCUT2D eigenvalue weighted by atomic mass is 19.1. The number of ether oxygens (including phenoxy) is 1. The van der Waals surface area contributed by atoms with Crippen molar-refractivity contribution in [3.63, 3.8) is 0 Å². The normalized spacial score (nSPS) is 14.0. The van der Waals surface area contributed by atoms with Crippen LogP contribution in [0.5, 0.6) is 0 Å². The van der Waals surface area contributed by atoms with Crippen molar-refractivity contribution in [2.75, 3.05) is 36.5 Å². The summed E-state index contributed by atoms with van der Waals surface area (Å²) >= 11 is 0. The van der Waals surface area contributed by atoms with Gasteiger partial charge in [-0.25, -0.2) is 13.9 Å². The SMILES string of the molecule is O=C(Cc1ccc(-c2ccn3ncnc3c2)cc1)Nc1ccc(N2CCOCC2)c(F)c1. The second-order valence-electron chi connectivity index (χ2n) is 7.67. The first-order chi connectivity index (χ1) is 15.7. The van der Waals surface area contributed by atoms with Gasteiger partial charge in [-0.3, -0.25) is 4.79 Å². The van der Waals surface area contributed by atoms with Gasteiger partial charge in [0, 0.05) is 25.0 Å². The Labute approximate surface area is 184 Å². The minimum Gasteiger partial charge on any atom is -0.378 e. The number of pyridine rings is 1. The van der Waals surface area contributed by atoms with Gasteiger partial charge in [-0.1, -0.05) is 24.3 Å². The molecule has 4 aromatic rings. The number of nitrogens with one attached hydrogen (secondary N) is 1. The Balaban J connectivity index is 1.22. The molecule has 0 spiro atoms. The van der Waals surface area contributed by atoms with Gasteiger partial charge in [0.05, 0.1) is 25.3 Å². The number of halogens is 1. The van der Waals surface area contributed by atoms with Crippen molar-refractivity contribution < 1.29 is 13.9 Å². The van der Waals surface area contributed by atoms with Crippen LogP contribution in [-0.2, 0) is 16.0 Å². The first-order valence-electron chi connectivity index (χ1n) is 10.5. The lowest BCUT2D eigenvalue weighted by molar-refractivity contribution is -0.115. The molecule has 0 unspecified atom stereocenters. The van der Waals surface area contributed by atoms with E-state index >= 15 is 0 Å². The van der Waals surface area contributed by atoms with Gasteiger partial charge in [0.2, 0.25) is 5.91 Å². The van der Waals surface area contributed by atoms with Gasteiger partial charge in [-0.2, -0.15) is 5.10 Å². The molecule has 1 saturated heterocycles. The molecule has 0 atom stereocenters. The number of fused-ring (bicyclic) bond motifs is 1. The zero-order chi connectivity index (χ0) is 21.9. The van der Waals surface area contributed by atoms with E-state index in [4.69, 9.17) is 4.74 Å². The number of hydrogen-bond acceptors (Lipinski definition) is 5. The second kappa shape index (κ2) is 8.76. The van der Waals surface area contributed by atoms with Gasteiger partial charge in [0.15, 0.2) is 5.65 Å². The van der Waals surface area contributed by atoms with Crippen LogP contribution in [0.25, 0.3) is 16.8 Å². The molecular formula is C24H22FN5O2. The van der Waals surface area contributed by atoms with Crippen LogP contribution in [0.3, 0.4) is 0 Å². The quantitative estimate of drug-likeness (QED) is 0.523. The fourth-order valence-corrected chi connectivity index (χ4v) is 3.85. The first kappa shape index (κ1) is 20.1. The van der Waals surface area contributed by atoms with Crippen molar-refractivity contribution in [3.8, 4) is 11.1 Å². The Bertz CT molecular complexity index is 1250. The van der Waals surface area contributed by atoms with Crippen LogP contribution in [-0.4, -0.2) is 46.8 Å². The monoisotopic (exact) mass is 431 g/mol. The summed E-state index contributed by atoms with van der Waals surface area (Å²) in [6.07, 6.45) is 3.58. The standard InChI is InChI=1S/C24H22FN5O2/c25-21-15-20(5-6-22(21)29-9-11-32-12-10-29)28-24(31)13-17-1-3-18(4-2-17)19-7-8-30-23(14-19)26-16-27-30/h1-8,14-16H,9-13H2,(H,28,31). The molecule has 8 heteroatoms. The van der Waals surface area contributed by atoms with E-state index < -0.39 is 0 Å². The van der Waals surface area contributed by atoms with Gasteiger partial charge in [0.25, 0.3) is 0 Å². The van der Waals surface area contributed by atoms with E-state index in [1.54, 1.807) is 16.6 Å². The minimum atomic E-state index is -0.348. The summed E-state index contributed by atoms with van der Waals surface area (Å²) < 4.78 is 21.6. The Morgan fingerprint density at radius 1 is 1.03 bits per heavy atom. The molecule has 32 heavy (non-hydrogen) atoms. The van der Waals surface area contributed by atoms with E-state index in [1.807, 2.05) is 47.5 Å². The van der Waals surface area contributed by atoms with Gasteiger partial charge < -0.3 is 15.0 Å². The van der Waals surface area contributed by atoms with Crippen molar-refractivity contribution in [1.29, 1.82) is 0 Å². The van der Waals surface area contributed by atoms with E-state index in [1.165, 1.54) is 12.4 Å². The molecule has 5 rings (SSSR count). The van der Waals surface area contributed by atoms with Crippen molar-refractivity contribution in [1.82, 2.24) is 14.6 Å². The lowest BCUT2D eigenvalue weighted by Crippen LogP contribution is -2.36. The second-order valence-corrected chi connectivity index (χ2v) is 7.67. The van der Waals surface area contributed by atoms with Crippen LogP contribution < -0.4 is 10.2 Å². The zero-order valence-electron chi connectivity index (χ0n) is 17.4. The van der Waals surface area contributed by atoms with Crippen molar-refractivity contribution in [3.05, 3.63) is 78.5 Å². The molecule has 0 bridgehead atoms. The van der Waals surface area contributed by atoms with Gasteiger partial charge in [-0.15, -0.1) is 0 Å². The molecule has 3 heterocycles. The number of carbonyl (C=O) groups is 1. The number of aromatic nitrogens is 3. The van der Waals surface area contributed by atoms with Crippen LogP contribution in [0.15, 0.2) is 67.1 Å². The zero-order valence-corrected chi connectivity index (χ0v) is 17.4. The third kappa shape index (κ3) is 4.31. The number of anilines is 2. The minimum absolute atomic E-state index is 0.193. The number of benzene rings is 2. The van der Waals surface area contributed by atoms with Crippen LogP contribution >= 0.6 is 0 Å². The highest BCUT2D eigenvalue weighted by Gasteiger charge is 2.16. The predicted molar refractivity (Wildman–Crippen MR) is 120 cm³/mol. The summed E-state index contributed by atoms with van der Waals surface area (Å²) in [4.78, 5) is 18.6. The average molecular weight is 431 g/mol. The largest absolute Gasteiger partial charge is 0.378 e. The topological polar surface area (TPSA) is 71.8 Å². The highest BCUT2D eigenvalue weighted by molar-refractivity contribution is 5.92. The van der Waals surface area contributed by atoms with Crippen LogP contribution in [0.4, 0.5) is 15.8 Å². The fourth-order valence-electron chi connectivity index (χ4n) is 3.85. The van der Waals surface area contributed by atoms with E-state index in [-0.39, 0.29) is 18.1 Å². The van der Waals surface area contributed by atoms with E-state index in [0.717, 1.165) is 22.3 Å². The molecule has 0 saturated carbocycles. The maximum atomic E-state index is 14.6. The van der Waals surface area contributed by atoms with Crippen LogP contribution in [0.2, 0.25) is 0 Å². The highest BCUT2D eigenvalue weighted by Crippen LogP contribution is 2.24. The van der Waals surface area contributed by atoms with Crippen LogP contribution in [0, 0.1) is 5.82 Å². The number of carbonyl (C=O) groups excluding carboxylic acids is 1. The molecular weight excluding hydrogens is 409 g/mol. The maximum absolute atomic E-state index is 14.6. The summed E-state index contributed by atoms with van der Waals surface area (Å²) in [5.74, 6) is -0.542. The molecule has 1 aliphatic rings. The smallest absolute Gasteiger partial charge is 0.228 e. The molecule has 2 aromatic carbocycles. The Hall–Kier alpha value is -3.78. The molecule has 1 N–H and O–H groups in total. The molecule has 2 aromatic heterocycles. The third-order valence-corrected chi connectivity index (χ3v) is 5.52. The number of rotatable bonds is 5. The van der Waals surface area contributed by atoms with E-state index in [0.29, 0.717) is 37.7 Å². The van der Waals surface area contributed by atoms with Gasteiger partial charge in [-0.05, 0) is 47.0 Å². The molecule has 1 fully saturated rings. The molecule has 7 nitrogen and oxygen atoms in total. The van der Waals surface area contributed by atoms with Gasteiger partial charge in [0.1, 0.15) is 12.1 Å². The molecule has 0 radical (unpaired) electrons. The lowest BCUT2D eigenvalue weighted by atomic mass is 10.0. The summed E-state index contributed by atoms with van der Waals surface area (Å²) in [5.41, 5.74) is 4.68. The van der Waals surface area contributed by atoms with E-state index in [9.17, 15) is 9.18 Å². The van der Waals surface area contributed by atoms with Crippen LogP contribution in [0.1, 0.15) is 5.56 Å². The molecule has 162 valence electrons. The number of nitrogens with zero attached hydrogens (tertiary/aromatic N) is 4. The molecule has 1 amide bonds. The average Bonchev–Trinajstić information content (AvgIpc) is 3.28. The number of amides is 1. The summed E-state index contributed by atoms with van der Waals surface area (Å²) in [6, 6.07) is 16.5. The number of hydrogen-bond donors (Lipinski definition) is 1. The Morgan fingerprint density at radius 2 is 1.84 bits per heavy atom. The Morgan fingerprint density at radius 3 is 2.62 bits per heavy atom. The van der Waals surface area contributed by atoms with Crippen molar-refractivity contribution in [2.45, 2.75) is 6.42 Å². The van der Waals surface area contributed by atoms with Crippen molar-refractivity contribution >= 4 is 22.9 Å². The predicted octanol–water partition coefficient (Wildman–Crippen LogP) is 3.55. The number of morpholine rings is 1. The summed E-state index contributed by atoms with van der Waals surface area (Å²) in [5, 5.41) is 6.88. The molecule has 0 aliphatic carbocycles. The third-order valence-electron chi connectivity index (χ3n) is 5.52. The maximum Gasteiger partial charge on any atom is 0.228 e. The summed E-state index contributed by atoms with van der Waals surface area (Å²) in [6.45, 7) is 2.49. The lowest BCUT2D eigenvalue weighted by Gasteiger charge is -2.29. The summed E-state index contributed by atoms with van der Waals surface area (Å²) in [7, 11) is 0. The van der Waals surface area contributed by atoms with Gasteiger partial charge >= 0.3 is 0 Å². The van der Waals surface area contributed by atoms with Crippen molar-refractivity contribution in [2.24, 2.45) is 0 Å². The Kier molecular flexibility index (Phi) is 5.51.